The molecule has 678 valence electrons. The molecule has 42 heteroatoms. The average Bonchev–Trinajstić information content (AvgIpc) is 0.796. The molecule has 3 heterocycles. The van der Waals surface area contributed by atoms with Crippen molar-refractivity contribution < 1.29 is 162 Å². The van der Waals surface area contributed by atoms with Crippen molar-refractivity contribution in [2.45, 2.75) is 298 Å². The number of rotatable bonds is 51. The van der Waals surface area contributed by atoms with Gasteiger partial charge < -0.3 is 118 Å². The Morgan fingerprint density at radius 3 is 1.04 bits per heavy atom. The van der Waals surface area contributed by atoms with Crippen LogP contribution in [0.5, 0.6) is 0 Å². The van der Waals surface area contributed by atoms with Crippen molar-refractivity contribution >= 4 is 107 Å². The highest BCUT2D eigenvalue weighted by Gasteiger charge is 2.55. The van der Waals surface area contributed by atoms with Crippen molar-refractivity contribution in [3.05, 3.63) is 12.7 Å². The molecule has 42 nitrogen and oxygen atoms in total. The zero-order valence-electron chi connectivity index (χ0n) is 71.3. The summed E-state index contributed by atoms with van der Waals surface area (Å²) in [7, 11) is 0. The van der Waals surface area contributed by atoms with Crippen molar-refractivity contribution in [1.82, 2.24) is 42.1 Å². The van der Waals surface area contributed by atoms with Crippen LogP contribution in [0.3, 0.4) is 0 Å². The zero-order chi connectivity index (χ0) is 90.1. The summed E-state index contributed by atoms with van der Waals surface area (Å²) in [6.07, 6.45) is -14.4. The molecule has 3 aliphatic heterocycles. The van der Waals surface area contributed by atoms with Gasteiger partial charge in [-0.2, -0.15) is 0 Å². The molecule has 0 saturated carbocycles. The molecule has 0 radical (unpaired) electrons. The Morgan fingerprint density at radius 1 is 0.408 bits per heavy atom. The minimum atomic E-state index is -1.40. The molecule has 0 spiro atoms. The molecule has 0 aliphatic carbocycles. The molecule has 3 rings (SSSR count). The Balaban J connectivity index is 1.91. The lowest BCUT2D eigenvalue weighted by Crippen LogP contribution is -2.66. The zero-order valence-corrected chi connectivity index (χ0v) is 71.3. The minimum absolute atomic E-state index is 0.0313. The van der Waals surface area contributed by atoms with Crippen molar-refractivity contribution in [3.63, 3.8) is 0 Å². The van der Waals surface area contributed by atoms with E-state index in [0.29, 0.717) is 0 Å². The summed E-state index contributed by atoms with van der Waals surface area (Å²) in [5.41, 5.74) is -2.06. The molecular weight excluding hydrogens is 1590 g/mol. The maximum atomic E-state index is 14.6. The van der Waals surface area contributed by atoms with E-state index in [2.05, 4.69) is 43.8 Å². The Bertz CT molecular complexity index is 3380. The standard InChI is InChI=1S/C78H122N8O34/c1-18-36-108-76(104)77(14,15)30-31-78(16,17)85-72(103)55(84-61(101)27-21-24-39-107-75-65(83-45(4)89)71(117-54(13)98)68(114-51(10)95)58(120-75)42-111-48(7)92)28-29-62(102)86(34-32-79-59(99)25-19-22-37-105-73-63(81-43(2)87)69(115-52(11)96)66(112-49(8)93)56(118-73)40-109-46(5)90)35-33-80-60(100)26-20-23-38-106-74-64(82-44(3)88)70(116-53(12)97)67(113-50(9)94)57(119-74)41-110-47(6)91/h18,55-58,63-71,73-75H,1,19-42H2,2-17H3,(H,79,99)(H,80,100)(H,81,87)(H,82,88)(H,83,89)(H,84,101)(H,85,103)/t55-,56?,57?,58?,63?,64?,65?,66?,67?,68?,69?,70?,71?,73?,74?,75?/m0/s1. The molecule has 3 saturated heterocycles. The first-order valence-corrected chi connectivity index (χ1v) is 39.6. The van der Waals surface area contributed by atoms with Crippen LogP contribution in [0.1, 0.15) is 194 Å². The van der Waals surface area contributed by atoms with Crippen molar-refractivity contribution in [3.8, 4) is 0 Å². The SMILES string of the molecule is C=CCOC(=O)C(C)(C)CCC(C)(C)NC(=O)[C@H](CCC(=O)N(CCNC(=O)CCCCOC1OC(COC(C)=O)C(OC(C)=O)C(OC(C)=O)C1NC(C)=O)CCNC(=O)CCCCOC1OC(COC(C)=O)C(OC(C)=O)C(OC(C)=O)C1NC(C)=O)NC(=O)CCCCOC1OC(COC(C)=O)C(OC(C)=O)C(OC(C)=O)C1NC(C)=O. The Hall–Kier alpha value is -10.0. The maximum Gasteiger partial charge on any atom is 0.311 e. The van der Waals surface area contributed by atoms with E-state index in [1.807, 2.05) is 0 Å². The number of nitrogens with zero attached hydrogens (tertiary/aromatic N) is 1. The van der Waals surface area contributed by atoms with Gasteiger partial charge in [0.1, 0.15) is 68.9 Å². The lowest BCUT2D eigenvalue weighted by Gasteiger charge is -2.44. The third-order valence-corrected chi connectivity index (χ3v) is 18.2. The summed E-state index contributed by atoms with van der Waals surface area (Å²) in [5, 5.41) is 19.1. The van der Waals surface area contributed by atoms with E-state index in [4.69, 9.17) is 75.8 Å². The molecule has 3 fully saturated rings. The first-order chi connectivity index (χ1) is 56.3. The maximum absolute atomic E-state index is 14.6. The summed E-state index contributed by atoms with van der Waals surface area (Å²) in [6, 6.07) is -5.16. The number of ether oxygens (including phenoxy) is 16. The number of esters is 10. The van der Waals surface area contributed by atoms with E-state index in [1.165, 1.54) is 31.7 Å². The van der Waals surface area contributed by atoms with Crippen LogP contribution in [0.25, 0.3) is 0 Å². The topological polar surface area (TPSA) is 542 Å². The third-order valence-electron chi connectivity index (χ3n) is 18.2. The van der Waals surface area contributed by atoms with E-state index >= 15 is 0 Å². The highest BCUT2D eigenvalue weighted by atomic mass is 16.7. The predicted molar refractivity (Wildman–Crippen MR) is 412 cm³/mol. The van der Waals surface area contributed by atoms with E-state index < -0.39 is 242 Å². The smallest absolute Gasteiger partial charge is 0.311 e. The van der Waals surface area contributed by atoms with E-state index in [1.54, 1.807) is 27.7 Å². The van der Waals surface area contributed by atoms with Crippen LogP contribution < -0.4 is 37.2 Å². The lowest BCUT2D eigenvalue weighted by atomic mass is 9.83. The molecule has 15 unspecified atom stereocenters. The van der Waals surface area contributed by atoms with Crippen molar-refractivity contribution in [1.29, 1.82) is 0 Å². The fourth-order valence-corrected chi connectivity index (χ4v) is 12.8. The number of unbranched alkanes of at least 4 members (excludes halogenated alkanes) is 3. The predicted octanol–water partition coefficient (Wildman–Crippen LogP) is 0.272. The second-order valence-corrected chi connectivity index (χ2v) is 30.0. The van der Waals surface area contributed by atoms with Gasteiger partial charge in [-0.1, -0.05) is 12.7 Å². The quantitative estimate of drug-likeness (QED) is 0.0186. The van der Waals surface area contributed by atoms with Crippen LogP contribution in [0.4, 0.5) is 0 Å². The van der Waals surface area contributed by atoms with Gasteiger partial charge in [-0.15, -0.1) is 0 Å². The number of amides is 8. The fraction of sp³-hybridized carbons (Fsp3) is 0.744. The average molecular weight is 1720 g/mol. The number of hydrogen-bond acceptors (Lipinski definition) is 34. The summed E-state index contributed by atoms with van der Waals surface area (Å²) < 4.78 is 90.1. The third kappa shape index (κ3) is 39.9. The number of carbonyl (C=O) groups is 18. The van der Waals surface area contributed by atoms with Crippen LogP contribution in [-0.4, -0.2) is 288 Å². The minimum Gasteiger partial charge on any atom is -0.463 e. The summed E-state index contributed by atoms with van der Waals surface area (Å²) in [5.74, 6) is -12.2. The largest absolute Gasteiger partial charge is 0.463 e. The molecule has 16 atom stereocenters. The van der Waals surface area contributed by atoms with Gasteiger partial charge in [0.25, 0.3) is 0 Å². The number of nitrogens with one attached hydrogen (secondary N) is 7. The Morgan fingerprint density at radius 2 is 0.733 bits per heavy atom. The lowest BCUT2D eigenvalue weighted by molar-refractivity contribution is -0.277. The molecule has 7 N–H and O–H groups in total. The first kappa shape index (κ1) is 104. The monoisotopic (exact) mass is 1710 g/mol. The Labute approximate surface area is 696 Å². The van der Waals surface area contributed by atoms with Gasteiger partial charge in [-0.3, -0.25) is 86.3 Å². The second-order valence-electron chi connectivity index (χ2n) is 30.0. The van der Waals surface area contributed by atoms with Gasteiger partial charge >= 0.3 is 59.7 Å². The van der Waals surface area contributed by atoms with E-state index in [9.17, 15) is 86.3 Å². The molecule has 0 bridgehead atoms. The second kappa shape index (κ2) is 52.9. The van der Waals surface area contributed by atoms with E-state index in [-0.39, 0.29) is 130 Å². The van der Waals surface area contributed by atoms with Gasteiger partial charge in [0.2, 0.25) is 47.3 Å². The van der Waals surface area contributed by atoms with Crippen molar-refractivity contribution in [2.24, 2.45) is 5.41 Å². The number of carbonyl (C=O) groups excluding carboxylic acids is 18. The van der Waals surface area contributed by atoms with Crippen LogP contribution in [0.2, 0.25) is 0 Å². The number of hydrogen-bond donors (Lipinski definition) is 7. The normalized spacial score (nSPS) is 22.8. The van der Waals surface area contributed by atoms with Crippen molar-refractivity contribution in [2.75, 3.05) is 72.4 Å². The summed E-state index contributed by atoms with van der Waals surface area (Å²) in [4.78, 5) is 232. The first-order valence-electron chi connectivity index (χ1n) is 39.6. The van der Waals surface area contributed by atoms with Gasteiger partial charge in [-0.25, -0.2) is 0 Å². The molecule has 3 aliphatic rings. The molecule has 120 heavy (non-hydrogen) atoms. The van der Waals surface area contributed by atoms with Crippen LogP contribution in [0.15, 0.2) is 12.7 Å². The van der Waals surface area contributed by atoms with Gasteiger partial charge in [0.05, 0.1) is 5.41 Å². The Kier molecular flexibility index (Phi) is 45.9. The van der Waals surface area contributed by atoms with Gasteiger partial charge in [0.15, 0.2) is 55.5 Å². The van der Waals surface area contributed by atoms with Crippen LogP contribution >= 0.6 is 0 Å². The molecule has 0 aromatic heterocycles. The van der Waals surface area contributed by atoms with Gasteiger partial charge in [0, 0.05) is 160 Å². The highest BCUT2D eigenvalue weighted by molar-refractivity contribution is 5.89. The van der Waals surface area contributed by atoms with Crippen LogP contribution in [0, 0.1) is 5.41 Å². The molecule has 0 aromatic carbocycles. The summed E-state index contributed by atoms with van der Waals surface area (Å²) in [6.45, 7) is 21.3. The van der Waals surface area contributed by atoms with Crippen LogP contribution in [-0.2, 0) is 162 Å². The fourth-order valence-electron chi connectivity index (χ4n) is 12.8. The molecule has 8 amide bonds. The highest BCUT2D eigenvalue weighted by Crippen LogP contribution is 2.33. The molecule has 0 aromatic rings. The van der Waals surface area contributed by atoms with E-state index in [0.717, 1.165) is 62.3 Å². The molecular formula is C78H122N8O34. The summed E-state index contributed by atoms with van der Waals surface area (Å²) >= 11 is 0. The van der Waals surface area contributed by atoms with Gasteiger partial charge in [-0.05, 0) is 85.5 Å².